The molecule has 0 saturated heterocycles. The molecule has 2 N–H and O–H groups in total. The van der Waals surface area contributed by atoms with Gasteiger partial charge in [-0.05, 0) is 55.1 Å². The van der Waals surface area contributed by atoms with Crippen LogP contribution in [-0.2, 0) is 0 Å². The van der Waals surface area contributed by atoms with E-state index in [1.54, 1.807) is 0 Å². The van der Waals surface area contributed by atoms with Crippen molar-refractivity contribution < 1.29 is 4.74 Å². The van der Waals surface area contributed by atoms with Gasteiger partial charge in [-0.2, -0.15) is 0 Å². The molecular weight excluding hydrogens is 246 g/mol. The molecule has 110 valence electrons. The maximum Gasteiger partial charge on any atom is 0.122 e. The van der Waals surface area contributed by atoms with Gasteiger partial charge in [0.25, 0.3) is 0 Å². The van der Waals surface area contributed by atoms with E-state index < -0.39 is 0 Å². The van der Waals surface area contributed by atoms with E-state index >= 15 is 0 Å². The van der Waals surface area contributed by atoms with Crippen LogP contribution in [0, 0.1) is 5.41 Å². The smallest absolute Gasteiger partial charge is 0.122 e. The van der Waals surface area contributed by atoms with Gasteiger partial charge in [-0.25, -0.2) is 0 Å². The first kappa shape index (κ1) is 13.9. The van der Waals surface area contributed by atoms with Gasteiger partial charge in [-0.1, -0.05) is 38.5 Å². The minimum absolute atomic E-state index is 0.0108. The summed E-state index contributed by atoms with van der Waals surface area (Å²) in [5.41, 5.74) is 8.56. The molecule has 1 aliphatic carbocycles. The first-order valence-corrected chi connectivity index (χ1v) is 7.98. The molecule has 1 heterocycles. The molecule has 1 saturated carbocycles. The first-order chi connectivity index (χ1) is 9.48. The second-order valence-electron chi connectivity index (χ2n) is 7.63. The zero-order valence-corrected chi connectivity index (χ0v) is 12.8. The highest BCUT2D eigenvalue weighted by Crippen LogP contribution is 2.46. The van der Waals surface area contributed by atoms with Crippen LogP contribution in [0.1, 0.15) is 63.9 Å². The lowest BCUT2D eigenvalue weighted by molar-refractivity contribution is 0.130. The number of para-hydroxylation sites is 1. The fourth-order valence-electron chi connectivity index (χ4n) is 4.34. The molecule has 2 nitrogen and oxygen atoms in total. The van der Waals surface area contributed by atoms with Crippen molar-refractivity contribution in [2.75, 3.05) is 6.61 Å². The number of rotatable bonds is 2. The highest BCUT2D eigenvalue weighted by molar-refractivity contribution is 5.38. The second kappa shape index (κ2) is 5.07. The normalized spacial score (nSPS) is 32.2. The van der Waals surface area contributed by atoms with Gasteiger partial charge in [0.05, 0.1) is 6.61 Å². The minimum Gasteiger partial charge on any atom is -0.493 e. The Labute approximate surface area is 122 Å². The summed E-state index contributed by atoms with van der Waals surface area (Å²) in [6.07, 6.45) is 7.13. The average molecular weight is 273 g/mol. The number of benzene rings is 1. The molecule has 2 atom stereocenters. The lowest BCUT2D eigenvalue weighted by Gasteiger charge is -2.45. The third kappa shape index (κ3) is 2.85. The molecule has 1 aliphatic heterocycles. The van der Waals surface area contributed by atoms with Gasteiger partial charge in [0.2, 0.25) is 0 Å². The highest BCUT2D eigenvalue weighted by atomic mass is 16.5. The number of ether oxygens (including phenoxy) is 1. The summed E-state index contributed by atoms with van der Waals surface area (Å²) < 4.78 is 5.78. The molecule has 2 heteroatoms. The molecule has 2 unspecified atom stereocenters. The predicted molar refractivity (Wildman–Crippen MR) is 83.1 cm³/mol. The Morgan fingerprint density at radius 3 is 2.85 bits per heavy atom. The maximum absolute atomic E-state index is 6.78. The maximum atomic E-state index is 6.78. The summed E-state index contributed by atoms with van der Waals surface area (Å²) in [5.74, 6) is 1.64. The Morgan fingerprint density at radius 2 is 2.05 bits per heavy atom. The highest BCUT2D eigenvalue weighted by Gasteiger charge is 2.39. The van der Waals surface area contributed by atoms with Crippen LogP contribution in [-0.4, -0.2) is 12.1 Å². The van der Waals surface area contributed by atoms with E-state index in [4.69, 9.17) is 10.5 Å². The summed E-state index contributed by atoms with van der Waals surface area (Å²) in [5, 5.41) is 0. The van der Waals surface area contributed by atoms with E-state index in [0.717, 1.165) is 31.6 Å². The van der Waals surface area contributed by atoms with E-state index in [2.05, 4.69) is 38.1 Å². The van der Waals surface area contributed by atoms with Crippen molar-refractivity contribution in [1.29, 1.82) is 0 Å². The zero-order valence-electron chi connectivity index (χ0n) is 12.8. The molecule has 1 aromatic rings. The third-order valence-corrected chi connectivity index (χ3v) is 5.09. The van der Waals surface area contributed by atoms with E-state index in [1.165, 1.54) is 24.8 Å². The molecule has 1 aromatic carbocycles. The molecule has 0 aromatic heterocycles. The summed E-state index contributed by atoms with van der Waals surface area (Å²) in [6.45, 7) is 5.57. The molecule has 20 heavy (non-hydrogen) atoms. The summed E-state index contributed by atoms with van der Waals surface area (Å²) in [6, 6.07) is 8.49. The van der Waals surface area contributed by atoms with Gasteiger partial charge in [0.15, 0.2) is 0 Å². The van der Waals surface area contributed by atoms with Crippen molar-refractivity contribution in [2.45, 2.75) is 63.8 Å². The van der Waals surface area contributed by atoms with Crippen LogP contribution in [0.5, 0.6) is 5.75 Å². The fourth-order valence-corrected chi connectivity index (χ4v) is 4.34. The Balaban J connectivity index is 1.78. The first-order valence-electron chi connectivity index (χ1n) is 7.98. The summed E-state index contributed by atoms with van der Waals surface area (Å²) in [7, 11) is 0. The SMILES string of the molecule is CC1(C)CCCC(N)(CC2CCOc3ccccc32)C1. The standard InChI is InChI=1S/C18H27NO/c1-17(2)9-5-10-18(19,13-17)12-14-8-11-20-16-7-4-3-6-15(14)16/h3-4,6-7,14H,5,8-13,19H2,1-2H3. The van der Waals surface area contributed by atoms with Crippen molar-refractivity contribution in [3.63, 3.8) is 0 Å². The van der Waals surface area contributed by atoms with Crippen LogP contribution >= 0.6 is 0 Å². The van der Waals surface area contributed by atoms with Crippen molar-refractivity contribution in [2.24, 2.45) is 11.1 Å². The van der Waals surface area contributed by atoms with Crippen LogP contribution in [0.3, 0.4) is 0 Å². The van der Waals surface area contributed by atoms with Gasteiger partial charge in [0.1, 0.15) is 5.75 Å². The van der Waals surface area contributed by atoms with E-state index in [9.17, 15) is 0 Å². The van der Waals surface area contributed by atoms with Crippen molar-refractivity contribution in [3.8, 4) is 5.75 Å². The van der Waals surface area contributed by atoms with Gasteiger partial charge in [-0.15, -0.1) is 0 Å². The van der Waals surface area contributed by atoms with Crippen LogP contribution in [0.2, 0.25) is 0 Å². The Morgan fingerprint density at radius 1 is 1.25 bits per heavy atom. The van der Waals surface area contributed by atoms with E-state index in [-0.39, 0.29) is 5.54 Å². The van der Waals surface area contributed by atoms with Crippen LogP contribution in [0.4, 0.5) is 0 Å². The molecule has 1 fully saturated rings. The predicted octanol–water partition coefficient (Wildman–Crippen LogP) is 4.24. The second-order valence-corrected chi connectivity index (χ2v) is 7.63. The molecule has 0 radical (unpaired) electrons. The minimum atomic E-state index is 0.0108. The van der Waals surface area contributed by atoms with Crippen molar-refractivity contribution >= 4 is 0 Å². The summed E-state index contributed by atoms with van der Waals surface area (Å²) >= 11 is 0. The monoisotopic (exact) mass is 273 g/mol. The lowest BCUT2D eigenvalue weighted by Crippen LogP contribution is -2.48. The van der Waals surface area contributed by atoms with Crippen molar-refractivity contribution in [1.82, 2.24) is 0 Å². The quantitative estimate of drug-likeness (QED) is 0.874. The molecule has 0 spiro atoms. The number of nitrogens with two attached hydrogens (primary N) is 1. The fraction of sp³-hybridized carbons (Fsp3) is 0.667. The van der Waals surface area contributed by atoms with Crippen molar-refractivity contribution in [3.05, 3.63) is 29.8 Å². The van der Waals surface area contributed by atoms with E-state index in [1.807, 2.05) is 0 Å². The van der Waals surface area contributed by atoms with E-state index in [0.29, 0.717) is 11.3 Å². The number of hydrogen-bond donors (Lipinski definition) is 1. The zero-order chi connectivity index (χ0) is 14.2. The molecule has 3 rings (SSSR count). The Bertz CT molecular complexity index is 482. The van der Waals surface area contributed by atoms with Crippen LogP contribution in [0.25, 0.3) is 0 Å². The van der Waals surface area contributed by atoms with Crippen LogP contribution in [0.15, 0.2) is 24.3 Å². The Kier molecular flexibility index (Phi) is 3.53. The lowest BCUT2D eigenvalue weighted by atomic mass is 9.65. The molecule has 0 bridgehead atoms. The average Bonchev–Trinajstić information content (AvgIpc) is 2.37. The largest absolute Gasteiger partial charge is 0.493 e. The molecular formula is C18H27NO. The number of hydrogen-bond acceptors (Lipinski definition) is 2. The van der Waals surface area contributed by atoms with Gasteiger partial charge >= 0.3 is 0 Å². The Hall–Kier alpha value is -1.02. The van der Waals surface area contributed by atoms with Gasteiger partial charge < -0.3 is 10.5 Å². The number of fused-ring (bicyclic) bond motifs is 1. The molecule has 0 amide bonds. The topological polar surface area (TPSA) is 35.2 Å². The van der Waals surface area contributed by atoms with Crippen LogP contribution < -0.4 is 10.5 Å². The van der Waals surface area contributed by atoms with Gasteiger partial charge in [-0.3, -0.25) is 0 Å². The third-order valence-electron chi connectivity index (χ3n) is 5.09. The molecule has 2 aliphatic rings. The van der Waals surface area contributed by atoms with Gasteiger partial charge in [0, 0.05) is 5.54 Å². The summed E-state index contributed by atoms with van der Waals surface area (Å²) in [4.78, 5) is 0.